The lowest BCUT2D eigenvalue weighted by molar-refractivity contribution is -0.137. The molecule has 1 fully saturated rings. The van der Waals surface area contributed by atoms with E-state index in [1.54, 1.807) is 0 Å². The lowest BCUT2D eigenvalue weighted by Crippen LogP contribution is -2.30. The van der Waals surface area contributed by atoms with Gasteiger partial charge in [0.15, 0.2) is 0 Å². The fourth-order valence-electron chi connectivity index (χ4n) is 2.69. The molecule has 0 bridgehead atoms. The van der Waals surface area contributed by atoms with Crippen molar-refractivity contribution in [2.75, 3.05) is 11.9 Å². The first-order chi connectivity index (χ1) is 9.82. The lowest BCUT2D eigenvalue weighted by atomic mass is 9.95. The summed E-state index contributed by atoms with van der Waals surface area (Å²) in [5, 5.41) is 2.26. The molecule has 7 heteroatoms. The maximum Gasteiger partial charge on any atom is 0.416 e. The van der Waals surface area contributed by atoms with Gasteiger partial charge in [0.1, 0.15) is 5.82 Å². The fraction of sp³-hybridized carbons (Fsp3) is 0.500. The molecule has 1 saturated carbocycles. The number of nitrogens with two attached hydrogens (primary N) is 1. The van der Waals surface area contributed by atoms with Crippen LogP contribution < -0.4 is 11.1 Å². The van der Waals surface area contributed by atoms with Crippen molar-refractivity contribution < 1.29 is 22.4 Å². The Bertz CT molecular complexity index is 530. The molecule has 116 valence electrons. The molecule has 1 amide bonds. The SMILES string of the molecule is NC[C@H]1CCC[C@H]1C(=O)Nc1cc(C(F)(F)F)ccc1F. The Labute approximate surface area is 119 Å². The lowest BCUT2D eigenvalue weighted by Gasteiger charge is -2.18. The van der Waals surface area contributed by atoms with Gasteiger partial charge in [-0.2, -0.15) is 13.2 Å². The minimum atomic E-state index is -4.58. The number of nitrogens with one attached hydrogen (secondary N) is 1. The van der Waals surface area contributed by atoms with E-state index in [0.717, 1.165) is 12.8 Å². The largest absolute Gasteiger partial charge is 0.416 e. The van der Waals surface area contributed by atoms with Gasteiger partial charge in [-0.25, -0.2) is 4.39 Å². The normalized spacial score (nSPS) is 22.3. The first-order valence-corrected chi connectivity index (χ1v) is 6.70. The molecule has 0 radical (unpaired) electrons. The highest BCUT2D eigenvalue weighted by molar-refractivity contribution is 5.93. The number of carbonyl (C=O) groups excluding carboxylic acids is 1. The first kappa shape index (κ1) is 15.8. The average molecular weight is 304 g/mol. The van der Waals surface area contributed by atoms with Gasteiger partial charge in [0.2, 0.25) is 5.91 Å². The Morgan fingerprint density at radius 1 is 1.33 bits per heavy atom. The number of benzene rings is 1. The quantitative estimate of drug-likeness (QED) is 0.843. The number of alkyl halides is 3. The minimum Gasteiger partial charge on any atom is -0.330 e. The van der Waals surface area contributed by atoms with Gasteiger partial charge in [-0.05, 0) is 43.5 Å². The number of anilines is 1. The summed E-state index contributed by atoms with van der Waals surface area (Å²) in [4.78, 5) is 12.1. The van der Waals surface area contributed by atoms with Crippen molar-refractivity contribution in [3.05, 3.63) is 29.6 Å². The summed E-state index contributed by atoms with van der Waals surface area (Å²) in [6, 6.07) is 1.95. The van der Waals surface area contributed by atoms with Crippen LogP contribution in [-0.2, 0) is 11.0 Å². The second-order valence-corrected chi connectivity index (χ2v) is 5.21. The molecule has 0 heterocycles. The van der Waals surface area contributed by atoms with Crippen molar-refractivity contribution in [1.82, 2.24) is 0 Å². The van der Waals surface area contributed by atoms with Gasteiger partial charge in [0.25, 0.3) is 0 Å². The predicted molar refractivity (Wildman–Crippen MR) is 69.9 cm³/mol. The van der Waals surface area contributed by atoms with E-state index in [0.29, 0.717) is 31.2 Å². The predicted octanol–water partition coefficient (Wildman–Crippen LogP) is 3.16. The first-order valence-electron chi connectivity index (χ1n) is 6.70. The van der Waals surface area contributed by atoms with Crippen molar-refractivity contribution in [2.45, 2.75) is 25.4 Å². The van der Waals surface area contributed by atoms with Gasteiger partial charge >= 0.3 is 6.18 Å². The van der Waals surface area contributed by atoms with Crippen molar-refractivity contribution >= 4 is 11.6 Å². The number of hydrogen-bond acceptors (Lipinski definition) is 2. The third-order valence-corrected chi connectivity index (χ3v) is 3.85. The number of halogens is 4. The summed E-state index contributed by atoms with van der Waals surface area (Å²) >= 11 is 0. The Morgan fingerprint density at radius 2 is 2.05 bits per heavy atom. The summed E-state index contributed by atoms with van der Waals surface area (Å²) in [7, 11) is 0. The molecule has 1 aliphatic rings. The Morgan fingerprint density at radius 3 is 2.67 bits per heavy atom. The number of amides is 1. The average Bonchev–Trinajstić information content (AvgIpc) is 2.88. The van der Waals surface area contributed by atoms with E-state index >= 15 is 0 Å². The second kappa shape index (κ2) is 6.01. The minimum absolute atomic E-state index is 0.00106. The molecule has 0 spiro atoms. The number of carbonyl (C=O) groups is 1. The van der Waals surface area contributed by atoms with E-state index in [1.165, 1.54) is 0 Å². The van der Waals surface area contributed by atoms with E-state index < -0.39 is 29.2 Å². The van der Waals surface area contributed by atoms with Crippen LogP contribution in [0.15, 0.2) is 18.2 Å². The van der Waals surface area contributed by atoms with Gasteiger partial charge in [-0.3, -0.25) is 4.79 Å². The van der Waals surface area contributed by atoms with Crippen LogP contribution in [0.1, 0.15) is 24.8 Å². The highest BCUT2D eigenvalue weighted by Crippen LogP contribution is 2.34. The monoisotopic (exact) mass is 304 g/mol. The van der Waals surface area contributed by atoms with E-state index in [9.17, 15) is 22.4 Å². The molecule has 2 rings (SSSR count). The third kappa shape index (κ3) is 3.53. The van der Waals surface area contributed by atoms with Gasteiger partial charge in [-0.1, -0.05) is 6.42 Å². The molecule has 3 nitrogen and oxygen atoms in total. The van der Waals surface area contributed by atoms with E-state index in [4.69, 9.17) is 5.73 Å². The van der Waals surface area contributed by atoms with Crippen LogP contribution in [0.2, 0.25) is 0 Å². The summed E-state index contributed by atoms with van der Waals surface area (Å²) in [5.74, 6) is -1.73. The Kier molecular flexibility index (Phi) is 4.51. The molecular weight excluding hydrogens is 288 g/mol. The zero-order chi connectivity index (χ0) is 15.6. The van der Waals surface area contributed by atoms with Gasteiger partial charge in [-0.15, -0.1) is 0 Å². The summed E-state index contributed by atoms with van der Waals surface area (Å²) in [6.45, 7) is 0.336. The molecule has 3 N–H and O–H groups in total. The van der Waals surface area contributed by atoms with Crippen LogP contribution in [0.4, 0.5) is 23.2 Å². The molecule has 1 aromatic carbocycles. The Balaban J connectivity index is 2.17. The van der Waals surface area contributed by atoms with Gasteiger partial charge in [0, 0.05) is 5.92 Å². The molecule has 2 atom stereocenters. The topological polar surface area (TPSA) is 55.1 Å². The van der Waals surface area contributed by atoms with Crippen LogP contribution in [0.5, 0.6) is 0 Å². The van der Waals surface area contributed by atoms with Crippen LogP contribution in [0.25, 0.3) is 0 Å². The maximum atomic E-state index is 13.6. The number of rotatable bonds is 3. The standard InChI is InChI=1S/C14H16F4N2O/c15-11-5-4-9(14(16,17)18)6-12(11)20-13(21)10-3-1-2-8(10)7-19/h4-6,8,10H,1-3,7,19H2,(H,20,21)/t8-,10-/m1/s1. The van der Waals surface area contributed by atoms with Crippen LogP contribution in [0.3, 0.4) is 0 Å². The van der Waals surface area contributed by atoms with Gasteiger partial charge < -0.3 is 11.1 Å². The Hall–Kier alpha value is -1.63. The third-order valence-electron chi connectivity index (χ3n) is 3.85. The summed E-state index contributed by atoms with van der Waals surface area (Å²) in [5.41, 5.74) is 4.12. The van der Waals surface area contributed by atoms with Crippen LogP contribution >= 0.6 is 0 Å². The maximum absolute atomic E-state index is 13.6. The van der Waals surface area contributed by atoms with E-state index in [2.05, 4.69) is 5.32 Å². The molecular formula is C14H16F4N2O. The van der Waals surface area contributed by atoms with Crippen molar-refractivity contribution in [1.29, 1.82) is 0 Å². The highest BCUT2D eigenvalue weighted by Gasteiger charge is 2.34. The van der Waals surface area contributed by atoms with E-state index in [1.807, 2.05) is 0 Å². The molecule has 0 aromatic heterocycles. The zero-order valence-corrected chi connectivity index (χ0v) is 11.2. The van der Waals surface area contributed by atoms with E-state index in [-0.39, 0.29) is 11.8 Å². The molecule has 1 aliphatic carbocycles. The molecule has 1 aromatic rings. The highest BCUT2D eigenvalue weighted by atomic mass is 19.4. The summed E-state index contributed by atoms with van der Waals surface area (Å²) < 4.78 is 51.4. The smallest absolute Gasteiger partial charge is 0.330 e. The molecule has 21 heavy (non-hydrogen) atoms. The molecule has 0 saturated heterocycles. The van der Waals surface area contributed by atoms with Gasteiger partial charge in [0.05, 0.1) is 11.3 Å². The second-order valence-electron chi connectivity index (χ2n) is 5.21. The fourth-order valence-corrected chi connectivity index (χ4v) is 2.69. The zero-order valence-electron chi connectivity index (χ0n) is 11.2. The summed E-state index contributed by atoms with van der Waals surface area (Å²) in [6.07, 6.45) is -2.32. The van der Waals surface area contributed by atoms with Crippen molar-refractivity contribution in [2.24, 2.45) is 17.6 Å². The molecule has 0 unspecified atom stereocenters. The van der Waals surface area contributed by atoms with Crippen molar-refractivity contribution in [3.63, 3.8) is 0 Å². The van der Waals surface area contributed by atoms with Crippen LogP contribution in [-0.4, -0.2) is 12.5 Å². The number of hydrogen-bond donors (Lipinski definition) is 2. The van der Waals surface area contributed by atoms with Crippen LogP contribution in [0, 0.1) is 17.7 Å². The van der Waals surface area contributed by atoms with Crippen molar-refractivity contribution in [3.8, 4) is 0 Å². The molecule has 0 aliphatic heterocycles.